The zero-order valence-corrected chi connectivity index (χ0v) is 27.2. The monoisotopic (exact) mass is 643 g/mol. The Morgan fingerprint density at radius 2 is 1.33 bits per heavy atom. The summed E-state index contributed by atoms with van der Waals surface area (Å²) in [5.74, 6) is 1.43. The Bertz CT molecular complexity index is 1730. The average Bonchev–Trinajstić information content (AvgIpc) is 3.13. The van der Waals surface area contributed by atoms with E-state index in [1.165, 1.54) is 5.56 Å². The van der Waals surface area contributed by atoms with Crippen molar-refractivity contribution < 1.29 is 24.1 Å². The number of likely N-dealkylation sites (N-methyl/N-ethyl adjacent to an activating group) is 1. The maximum absolute atomic E-state index is 12.8. The van der Waals surface area contributed by atoms with E-state index in [4.69, 9.17) is 14.2 Å². The van der Waals surface area contributed by atoms with Crippen LogP contribution in [0.4, 0.5) is 16.2 Å². The lowest BCUT2D eigenvalue weighted by atomic mass is 9.99. The Labute approximate surface area is 281 Å². The summed E-state index contributed by atoms with van der Waals surface area (Å²) in [6, 6.07) is 42.5. The van der Waals surface area contributed by atoms with Crippen molar-refractivity contribution in [3.05, 3.63) is 156 Å². The molecule has 0 radical (unpaired) electrons. The quantitative estimate of drug-likeness (QED) is 0.133. The first kappa shape index (κ1) is 32.9. The Hall–Kier alpha value is -4.99. The summed E-state index contributed by atoms with van der Waals surface area (Å²) in [5.41, 5.74) is 5.29. The molecule has 8 nitrogen and oxygen atoms in total. The zero-order chi connectivity index (χ0) is 33.3. The molecule has 1 heterocycles. The number of carbonyl (C=O) groups excluding carboxylic acids is 1. The number of nitrogens with zero attached hydrogens (tertiary/aromatic N) is 1. The molecular weight excluding hydrogens is 602 g/mol. The van der Waals surface area contributed by atoms with Crippen LogP contribution in [0.1, 0.15) is 54.0 Å². The third-order valence-electron chi connectivity index (χ3n) is 8.58. The molecule has 4 atom stereocenters. The fourth-order valence-electron chi connectivity index (χ4n) is 5.75. The van der Waals surface area contributed by atoms with Crippen molar-refractivity contribution in [3.8, 4) is 11.5 Å². The number of para-hydroxylation sites is 1. The van der Waals surface area contributed by atoms with Crippen LogP contribution in [0.2, 0.25) is 0 Å². The second-order valence-corrected chi connectivity index (χ2v) is 12.0. The molecule has 48 heavy (non-hydrogen) atoms. The van der Waals surface area contributed by atoms with Gasteiger partial charge in [-0.15, -0.1) is 0 Å². The third-order valence-corrected chi connectivity index (χ3v) is 8.58. The molecule has 0 aliphatic carbocycles. The summed E-state index contributed by atoms with van der Waals surface area (Å²) < 4.78 is 18.9. The number of rotatable bonds is 11. The molecular formula is C40H41N3O5. The topological polar surface area (TPSA) is 92.3 Å². The highest BCUT2D eigenvalue weighted by Gasteiger charge is 2.33. The van der Waals surface area contributed by atoms with Gasteiger partial charge in [0.1, 0.15) is 11.5 Å². The summed E-state index contributed by atoms with van der Waals surface area (Å²) in [6.45, 7) is 2.92. The van der Waals surface area contributed by atoms with Crippen LogP contribution in [0.25, 0.3) is 0 Å². The van der Waals surface area contributed by atoms with Crippen LogP contribution in [0.15, 0.2) is 133 Å². The molecule has 0 unspecified atom stereocenters. The van der Waals surface area contributed by atoms with Crippen molar-refractivity contribution in [2.45, 2.75) is 44.5 Å². The first-order valence-electron chi connectivity index (χ1n) is 16.2. The third kappa shape index (κ3) is 8.67. The van der Waals surface area contributed by atoms with E-state index in [0.29, 0.717) is 23.5 Å². The minimum atomic E-state index is -0.591. The van der Waals surface area contributed by atoms with Crippen LogP contribution >= 0.6 is 0 Å². The molecule has 6 rings (SSSR count). The molecule has 246 valence electrons. The number of carbonyl (C=O) groups is 1. The maximum atomic E-state index is 12.8. The van der Waals surface area contributed by atoms with Crippen molar-refractivity contribution in [3.63, 3.8) is 0 Å². The van der Waals surface area contributed by atoms with Gasteiger partial charge in [-0.2, -0.15) is 0 Å². The van der Waals surface area contributed by atoms with Gasteiger partial charge in [0, 0.05) is 35.9 Å². The van der Waals surface area contributed by atoms with Gasteiger partial charge < -0.3 is 30.0 Å². The van der Waals surface area contributed by atoms with Crippen LogP contribution in [0.5, 0.6) is 11.5 Å². The normalized spacial score (nSPS) is 18.2. The lowest BCUT2D eigenvalue weighted by Gasteiger charge is -2.39. The molecule has 0 aromatic heterocycles. The predicted octanol–water partition coefficient (Wildman–Crippen LogP) is 8.85. The van der Waals surface area contributed by atoms with E-state index in [1.54, 1.807) is 12.1 Å². The summed E-state index contributed by atoms with van der Waals surface area (Å²) in [7, 11) is 2.12. The molecule has 2 amide bonds. The highest BCUT2D eigenvalue weighted by Crippen LogP contribution is 2.39. The number of amides is 2. The Kier molecular flexibility index (Phi) is 10.8. The van der Waals surface area contributed by atoms with Gasteiger partial charge in [0.25, 0.3) is 0 Å². The summed E-state index contributed by atoms with van der Waals surface area (Å²) >= 11 is 0. The van der Waals surface area contributed by atoms with Gasteiger partial charge in [-0.3, -0.25) is 4.90 Å². The first-order chi connectivity index (χ1) is 23.4. The maximum Gasteiger partial charge on any atom is 0.323 e. The standard InChI is InChI=1S/C40H41N3O5/c1-28(30-9-5-3-6-10-30)43(2)26-37-25-38(31-15-13-29(27-44)14-16-31)48-39(47-37)32-17-19-33(20-18-32)41-40(45)42-34-21-23-36(24-22-34)46-35-11-7-4-8-12-35/h3-24,28,37-39,44H,25-27H2,1-2H3,(H2,41,42,45)/t28-,37+,38-,39-/m0/s1. The molecule has 5 aromatic carbocycles. The molecule has 0 bridgehead atoms. The number of ether oxygens (including phenoxy) is 3. The number of benzene rings is 5. The molecule has 1 fully saturated rings. The second-order valence-electron chi connectivity index (χ2n) is 12.0. The highest BCUT2D eigenvalue weighted by atomic mass is 16.7. The molecule has 0 saturated carbocycles. The van der Waals surface area contributed by atoms with E-state index in [-0.39, 0.29) is 30.9 Å². The fourth-order valence-corrected chi connectivity index (χ4v) is 5.75. The molecule has 1 saturated heterocycles. The largest absolute Gasteiger partial charge is 0.457 e. The van der Waals surface area contributed by atoms with Gasteiger partial charge in [0.2, 0.25) is 0 Å². The van der Waals surface area contributed by atoms with Crippen LogP contribution in [0, 0.1) is 0 Å². The number of urea groups is 1. The van der Waals surface area contributed by atoms with Gasteiger partial charge in [0.05, 0.1) is 18.8 Å². The molecule has 1 aliphatic heterocycles. The van der Waals surface area contributed by atoms with Crippen LogP contribution in [-0.4, -0.2) is 35.7 Å². The molecule has 8 heteroatoms. The van der Waals surface area contributed by atoms with Crippen molar-refractivity contribution in [2.75, 3.05) is 24.2 Å². The summed E-state index contributed by atoms with van der Waals surface area (Å²) in [6.07, 6.45) is -0.170. The number of hydrogen-bond donors (Lipinski definition) is 3. The van der Waals surface area contributed by atoms with E-state index >= 15 is 0 Å². The van der Waals surface area contributed by atoms with Gasteiger partial charge in [-0.25, -0.2) is 4.79 Å². The van der Waals surface area contributed by atoms with Gasteiger partial charge in [-0.05, 0) is 79.2 Å². The minimum absolute atomic E-state index is 0.00324. The number of nitrogens with one attached hydrogen (secondary N) is 2. The van der Waals surface area contributed by atoms with Crippen molar-refractivity contribution in [2.24, 2.45) is 0 Å². The van der Waals surface area contributed by atoms with Gasteiger partial charge in [0.15, 0.2) is 6.29 Å². The lowest BCUT2D eigenvalue weighted by Crippen LogP contribution is -2.38. The SMILES string of the molecule is C[C@@H](c1ccccc1)N(C)C[C@H]1C[C@@H](c2ccc(CO)cc2)O[C@@H](c2ccc(NC(=O)Nc3ccc(Oc4ccccc4)cc3)cc2)O1. The molecule has 0 spiro atoms. The van der Waals surface area contributed by atoms with Crippen LogP contribution in [-0.2, 0) is 16.1 Å². The van der Waals surface area contributed by atoms with Crippen LogP contribution in [0.3, 0.4) is 0 Å². The first-order valence-corrected chi connectivity index (χ1v) is 16.2. The smallest absolute Gasteiger partial charge is 0.323 e. The average molecular weight is 644 g/mol. The Morgan fingerprint density at radius 3 is 1.96 bits per heavy atom. The molecule has 5 aromatic rings. The lowest BCUT2D eigenvalue weighted by molar-refractivity contribution is -0.253. The number of aliphatic hydroxyl groups excluding tert-OH is 1. The van der Waals surface area contributed by atoms with E-state index in [2.05, 4.69) is 53.8 Å². The Balaban J connectivity index is 1.10. The zero-order valence-electron chi connectivity index (χ0n) is 27.2. The van der Waals surface area contributed by atoms with E-state index in [9.17, 15) is 9.90 Å². The summed E-state index contributed by atoms with van der Waals surface area (Å²) in [4.78, 5) is 15.1. The van der Waals surface area contributed by atoms with Gasteiger partial charge >= 0.3 is 6.03 Å². The van der Waals surface area contributed by atoms with Crippen LogP contribution < -0.4 is 15.4 Å². The molecule has 3 N–H and O–H groups in total. The number of aliphatic hydroxyl groups is 1. The van der Waals surface area contributed by atoms with E-state index in [0.717, 1.165) is 29.0 Å². The highest BCUT2D eigenvalue weighted by molar-refractivity contribution is 5.99. The summed E-state index contributed by atoms with van der Waals surface area (Å²) in [5, 5.41) is 15.3. The number of anilines is 2. The van der Waals surface area contributed by atoms with Gasteiger partial charge in [-0.1, -0.05) is 84.9 Å². The van der Waals surface area contributed by atoms with Crippen molar-refractivity contribution in [1.29, 1.82) is 0 Å². The minimum Gasteiger partial charge on any atom is -0.457 e. The second kappa shape index (κ2) is 15.7. The van der Waals surface area contributed by atoms with Crippen molar-refractivity contribution >= 4 is 17.4 Å². The number of hydrogen-bond acceptors (Lipinski definition) is 6. The van der Waals surface area contributed by atoms with E-state index in [1.807, 2.05) is 97.1 Å². The Morgan fingerprint density at radius 1 is 0.771 bits per heavy atom. The van der Waals surface area contributed by atoms with Crippen molar-refractivity contribution in [1.82, 2.24) is 4.90 Å². The molecule has 1 aliphatic rings. The fraction of sp³-hybridized carbons (Fsp3) is 0.225. The predicted molar refractivity (Wildman–Crippen MR) is 188 cm³/mol. The van der Waals surface area contributed by atoms with E-state index < -0.39 is 6.29 Å².